The molecule has 2 rings (SSSR count). The lowest BCUT2D eigenvalue weighted by atomic mass is 10.2. The highest BCUT2D eigenvalue weighted by atomic mass is 35.5. The van der Waals surface area contributed by atoms with Crippen molar-refractivity contribution in [2.24, 2.45) is 0 Å². The number of ether oxygens (including phenoxy) is 1. The zero-order valence-electron chi connectivity index (χ0n) is 11.4. The van der Waals surface area contributed by atoms with Gasteiger partial charge in [-0.25, -0.2) is 9.59 Å². The summed E-state index contributed by atoms with van der Waals surface area (Å²) >= 11 is 7.19. The first-order chi connectivity index (χ1) is 10.0. The molecule has 0 saturated heterocycles. The molecular formula is C14H13ClN2O3S. The van der Waals surface area contributed by atoms with Gasteiger partial charge in [-0.3, -0.25) is 0 Å². The van der Waals surface area contributed by atoms with Crippen LogP contribution in [0.3, 0.4) is 0 Å². The van der Waals surface area contributed by atoms with Crippen molar-refractivity contribution in [1.82, 2.24) is 0 Å². The highest BCUT2D eigenvalue weighted by Crippen LogP contribution is 2.29. The summed E-state index contributed by atoms with van der Waals surface area (Å²) in [4.78, 5) is 24.0. The maximum atomic E-state index is 12.0. The Morgan fingerprint density at radius 1 is 1.24 bits per heavy atom. The fourth-order valence-corrected chi connectivity index (χ4v) is 2.78. The summed E-state index contributed by atoms with van der Waals surface area (Å²) in [6, 6.07) is 6.41. The smallest absolute Gasteiger partial charge is 0.350 e. The average molecular weight is 325 g/mol. The number of thiophene rings is 1. The first kappa shape index (κ1) is 15.3. The number of hydrogen-bond donors (Lipinski definition) is 2. The monoisotopic (exact) mass is 324 g/mol. The van der Waals surface area contributed by atoms with Crippen LogP contribution in [0.15, 0.2) is 29.6 Å². The Bertz CT molecular complexity index is 685. The molecule has 110 valence electrons. The number of methoxy groups -OCH3 is 1. The molecule has 1 heterocycles. The number of urea groups is 1. The quantitative estimate of drug-likeness (QED) is 0.834. The standard InChI is InChI=1S/C14H13ClN2O3S/c1-8-7-21-12(13(18)20-2)11(8)17-14(19)16-10-6-4-3-5-9(10)15/h3-7H,1-2H3,(H2,16,17,19). The minimum absolute atomic E-state index is 0.351. The van der Waals surface area contributed by atoms with Crippen molar-refractivity contribution in [2.75, 3.05) is 17.7 Å². The first-order valence-corrected chi connectivity index (χ1v) is 7.27. The second-order valence-electron chi connectivity index (χ2n) is 4.17. The van der Waals surface area contributed by atoms with Crippen LogP contribution in [-0.4, -0.2) is 19.1 Å². The molecule has 0 aliphatic carbocycles. The molecule has 5 nitrogen and oxygen atoms in total. The Labute approximate surface area is 130 Å². The number of carbonyl (C=O) groups excluding carboxylic acids is 2. The van der Waals surface area contributed by atoms with Crippen molar-refractivity contribution in [3.05, 3.63) is 45.1 Å². The highest BCUT2D eigenvalue weighted by Gasteiger charge is 2.18. The molecule has 0 saturated carbocycles. The number of aryl methyl sites for hydroxylation is 1. The molecule has 0 bridgehead atoms. The summed E-state index contributed by atoms with van der Waals surface area (Å²) in [5.74, 6) is -0.485. The van der Waals surface area contributed by atoms with Crippen LogP contribution in [0.4, 0.5) is 16.2 Å². The second kappa shape index (κ2) is 6.60. The van der Waals surface area contributed by atoms with Gasteiger partial charge in [0.05, 0.1) is 23.5 Å². The van der Waals surface area contributed by atoms with Crippen molar-refractivity contribution in [3.8, 4) is 0 Å². The van der Waals surface area contributed by atoms with Gasteiger partial charge in [0.1, 0.15) is 4.88 Å². The molecule has 1 aromatic heterocycles. The van der Waals surface area contributed by atoms with Gasteiger partial charge in [-0.15, -0.1) is 11.3 Å². The molecule has 2 N–H and O–H groups in total. The minimum Gasteiger partial charge on any atom is -0.465 e. The van der Waals surface area contributed by atoms with Gasteiger partial charge in [-0.1, -0.05) is 23.7 Å². The Morgan fingerprint density at radius 3 is 2.62 bits per heavy atom. The van der Waals surface area contributed by atoms with Gasteiger partial charge >= 0.3 is 12.0 Å². The zero-order chi connectivity index (χ0) is 15.4. The van der Waals surface area contributed by atoms with Gasteiger partial charge in [0.25, 0.3) is 0 Å². The molecule has 0 atom stereocenters. The third kappa shape index (κ3) is 3.53. The van der Waals surface area contributed by atoms with Crippen molar-refractivity contribution < 1.29 is 14.3 Å². The number of anilines is 2. The van der Waals surface area contributed by atoms with Gasteiger partial charge < -0.3 is 15.4 Å². The predicted molar refractivity (Wildman–Crippen MR) is 84.5 cm³/mol. The maximum absolute atomic E-state index is 12.0. The van der Waals surface area contributed by atoms with Crippen LogP contribution in [0.25, 0.3) is 0 Å². The van der Waals surface area contributed by atoms with Gasteiger partial charge in [0, 0.05) is 0 Å². The highest BCUT2D eigenvalue weighted by molar-refractivity contribution is 7.12. The Balaban J connectivity index is 2.15. The number of esters is 1. The number of carbonyl (C=O) groups is 2. The van der Waals surface area contributed by atoms with Gasteiger partial charge in [0.2, 0.25) is 0 Å². The van der Waals surface area contributed by atoms with Crippen LogP contribution in [-0.2, 0) is 4.74 Å². The molecule has 2 aromatic rings. The van der Waals surface area contributed by atoms with Crippen LogP contribution in [0, 0.1) is 6.92 Å². The number of nitrogens with one attached hydrogen (secondary N) is 2. The van der Waals surface area contributed by atoms with E-state index in [0.717, 1.165) is 5.56 Å². The number of hydrogen-bond acceptors (Lipinski definition) is 4. The van der Waals surface area contributed by atoms with E-state index < -0.39 is 12.0 Å². The molecule has 7 heteroatoms. The topological polar surface area (TPSA) is 67.4 Å². The van der Waals surface area contributed by atoms with Gasteiger partial charge in [0.15, 0.2) is 0 Å². The van der Waals surface area contributed by atoms with E-state index in [9.17, 15) is 9.59 Å². The van der Waals surface area contributed by atoms with Crippen LogP contribution in [0.1, 0.15) is 15.2 Å². The van der Waals surface area contributed by atoms with Crippen LogP contribution in [0.2, 0.25) is 5.02 Å². The van der Waals surface area contributed by atoms with Crippen LogP contribution < -0.4 is 10.6 Å². The van der Waals surface area contributed by atoms with Crippen LogP contribution in [0.5, 0.6) is 0 Å². The van der Waals surface area contributed by atoms with Crippen molar-refractivity contribution in [1.29, 1.82) is 0 Å². The Hall–Kier alpha value is -2.05. The van der Waals surface area contributed by atoms with Crippen molar-refractivity contribution in [2.45, 2.75) is 6.92 Å². The van der Waals surface area contributed by atoms with Gasteiger partial charge in [-0.2, -0.15) is 0 Å². The summed E-state index contributed by atoms with van der Waals surface area (Å²) < 4.78 is 4.69. The summed E-state index contributed by atoms with van der Waals surface area (Å²) in [6.45, 7) is 1.80. The lowest BCUT2D eigenvalue weighted by Gasteiger charge is -2.10. The number of para-hydroxylation sites is 1. The number of benzene rings is 1. The molecule has 0 aliphatic heterocycles. The Morgan fingerprint density at radius 2 is 1.95 bits per heavy atom. The number of amides is 2. The Kier molecular flexibility index (Phi) is 4.82. The summed E-state index contributed by atoms with van der Waals surface area (Å²) in [5.41, 5.74) is 1.72. The fraction of sp³-hybridized carbons (Fsp3) is 0.143. The third-order valence-corrected chi connectivity index (χ3v) is 4.11. The largest absolute Gasteiger partial charge is 0.465 e. The summed E-state index contributed by atoms with van der Waals surface area (Å²) in [6.07, 6.45) is 0. The molecule has 21 heavy (non-hydrogen) atoms. The normalized spacial score (nSPS) is 10.0. The molecule has 0 unspecified atom stereocenters. The molecule has 0 fully saturated rings. The van der Waals surface area contributed by atoms with E-state index >= 15 is 0 Å². The van der Waals surface area contributed by atoms with E-state index in [-0.39, 0.29) is 0 Å². The maximum Gasteiger partial charge on any atom is 0.350 e. The predicted octanol–water partition coefficient (Wildman–Crippen LogP) is 4.14. The number of halogens is 1. The van der Waals surface area contributed by atoms with E-state index in [1.54, 1.807) is 36.6 Å². The van der Waals surface area contributed by atoms with E-state index in [0.29, 0.717) is 21.3 Å². The van der Waals surface area contributed by atoms with Gasteiger partial charge in [-0.05, 0) is 30.0 Å². The van der Waals surface area contributed by atoms with E-state index in [2.05, 4.69) is 15.4 Å². The molecule has 2 amide bonds. The van der Waals surface area contributed by atoms with E-state index in [4.69, 9.17) is 11.6 Å². The first-order valence-electron chi connectivity index (χ1n) is 6.02. The SMILES string of the molecule is COC(=O)c1scc(C)c1NC(=O)Nc1ccccc1Cl. The summed E-state index contributed by atoms with van der Waals surface area (Å²) in [7, 11) is 1.30. The lowest BCUT2D eigenvalue weighted by Crippen LogP contribution is -2.21. The van der Waals surface area contributed by atoms with Crippen LogP contribution >= 0.6 is 22.9 Å². The van der Waals surface area contributed by atoms with Crippen molar-refractivity contribution in [3.63, 3.8) is 0 Å². The minimum atomic E-state index is -0.485. The fourth-order valence-electron chi connectivity index (χ4n) is 1.67. The molecule has 0 spiro atoms. The molecule has 1 aromatic carbocycles. The van der Waals surface area contributed by atoms with E-state index in [1.165, 1.54) is 18.4 Å². The third-order valence-electron chi connectivity index (χ3n) is 2.71. The zero-order valence-corrected chi connectivity index (χ0v) is 13.0. The van der Waals surface area contributed by atoms with E-state index in [1.807, 2.05) is 0 Å². The van der Waals surface area contributed by atoms with Crippen molar-refractivity contribution >= 4 is 46.3 Å². The second-order valence-corrected chi connectivity index (χ2v) is 5.46. The summed E-state index contributed by atoms with van der Waals surface area (Å²) in [5, 5.41) is 7.49. The lowest BCUT2D eigenvalue weighted by molar-refractivity contribution is 0.0607. The molecular weight excluding hydrogens is 312 g/mol. The molecule has 0 aliphatic rings. The average Bonchev–Trinajstić information content (AvgIpc) is 2.82. The number of rotatable bonds is 3. The molecule has 0 radical (unpaired) electrons.